The van der Waals surface area contributed by atoms with Gasteiger partial charge in [-0.3, -0.25) is 14.4 Å². The highest BCUT2D eigenvalue weighted by Crippen LogP contribution is 2.10. The molecule has 1 atom stereocenters. The molecule has 0 saturated carbocycles. The molecular formula is C65H96O6. The van der Waals surface area contributed by atoms with E-state index in [-0.39, 0.29) is 38.0 Å². The van der Waals surface area contributed by atoms with Crippen LogP contribution in [0.5, 0.6) is 0 Å². The fraction of sp³-hybridized carbons (Fsp3) is 0.492. The number of hydrogen-bond acceptors (Lipinski definition) is 6. The van der Waals surface area contributed by atoms with Crippen molar-refractivity contribution in [1.82, 2.24) is 0 Å². The minimum absolute atomic E-state index is 0.151. The Morgan fingerprint density at radius 3 is 0.873 bits per heavy atom. The van der Waals surface area contributed by atoms with Crippen molar-refractivity contribution in [2.24, 2.45) is 0 Å². The van der Waals surface area contributed by atoms with Crippen molar-refractivity contribution in [2.45, 2.75) is 194 Å². The van der Waals surface area contributed by atoms with E-state index in [1.54, 1.807) is 0 Å². The van der Waals surface area contributed by atoms with Crippen LogP contribution in [-0.2, 0) is 28.6 Å². The molecule has 6 heteroatoms. The van der Waals surface area contributed by atoms with Crippen LogP contribution in [0, 0.1) is 0 Å². The van der Waals surface area contributed by atoms with Crippen molar-refractivity contribution in [3.05, 3.63) is 182 Å². The van der Waals surface area contributed by atoms with Crippen molar-refractivity contribution in [3.8, 4) is 0 Å². The molecule has 392 valence electrons. The van der Waals surface area contributed by atoms with Crippen molar-refractivity contribution >= 4 is 17.9 Å². The van der Waals surface area contributed by atoms with Crippen LogP contribution in [0.2, 0.25) is 0 Å². The van der Waals surface area contributed by atoms with Gasteiger partial charge in [0.2, 0.25) is 0 Å². The summed E-state index contributed by atoms with van der Waals surface area (Å²) >= 11 is 0. The van der Waals surface area contributed by atoms with Crippen LogP contribution in [0.3, 0.4) is 0 Å². The summed E-state index contributed by atoms with van der Waals surface area (Å²) in [5, 5.41) is 0. The van der Waals surface area contributed by atoms with Gasteiger partial charge in [-0.25, -0.2) is 0 Å². The first-order valence-corrected chi connectivity index (χ1v) is 27.3. The minimum atomic E-state index is -0.867. The number of rotatable bonds is 46. The summed E-state index contributed by atoms with van der Waals surface area (Å²) in [6.45, 7) is 6.12. The highest BCUT2D eigenvalue weighted by atomic mass is 16.6. The lowest BCUT2D eigenvalue weighted by Crippen LogP contribution is -2.30. The molecule has 71 heavy (non-hydrogen) atoms. The maximum absolute atomic E-state index is 12.8. The number of allylic oxidation sites excluding steroid dienone is 30. The predicted molar refractivity (Wildman–Crippen MR) is 306 cm³/mol. The number of hydrogen-bond donors (Lipinski definition) is 0. The van der Waals surface area contributed by atoms with E-state index in [1.165, 1.54) is 0 Å². The van der Waals surface area contributed by atoms with Gasteiger partial charge >= 0.3 is 17.9 Å². The number of carbonyl (C=O) groups excluding carboxylic acids is 3. The summed E-state index contributed by atoms with van der Waals surface area (Å²) in [4.78, 5) is 38.0. The molecule has 0 aromatic carbocycles. The summed E-state index contributed by atoms with van der Waals surface area (Å²) in [7, 11) is 0. The third-order valence-corrected chi connectivity index (χ3v) is 10.4. The predicted octanol–water partition coefficient (Wildman–Crippen LogP) is 18.5. The molecule has 0 N–H and O–H groups in total. The third-order valence-electron chi connectivity index (χ3n) is 10.4. The second-order valence-electron chi connectivity index (χ2n) is 17.0. The van der Waals surface area contributed by atoms with Gasteiger partial charge in [-0.2, -0.15) is 0 Å². The van der Waals surface area contributed by atoms with Crippen molar-refractivity contribution < 1.29 is 28.6 Å². The normalized spacial score (nSPS) is 13.6. The van der Waals surface area contributed by atoms with Gasteiger partial charge in [0, 0.05) is 19.3 Å². The molecule has 0 amide bonds. The summed E-state index contributed by atoms with van der Waals surface area (Å²) in [5.74, 6) is -1.15. The van der Waals surface area contributed by atoms with Crippen molar-refractivity contribution in [2.75, 3.05) is 13.2 Å². The lowest BCUT2D eigenvalue weighted by atomic mass is 10.1. The summed E-state index contributed by atoms with van der Waals surface area (Å²) < 4.78 is 16.7. The van der Waals surface area contributed by atoms with Gasteiger partial charge in [-0.05, 0) is 128 Å². The Hall–Kier alpha value is -5.49. The Morgan fingerprint density at radius 1 is 0.282 bits per heavy atom. The lowest BCUT2D eigenvalue weighted by molar-refractivity contribution is -0.166. The highest BCUT2D eigenvalue weighted by Gasteiger charge is 2.19. The Morgan fingerprint density at radius 2 is 0.535 bits per heavy atom. The maximum atomic E-state index is 12.8. The Labute approximate surface area is 434 Å². The van der Waals surface area contributed by atoms with Gasteiger partial charge in [0.1, 0.15) is 13.2 Å². The van der Waals surface area contributed by atoms with Crippen LogP contribution in [0.1, 0.15) is 188 Å². The molecule has 6 nitrogen and oxygen atoms in total. The number of carbonyl (C=O) groups is 3. The van der Waals surface area contributed by atoms with Gasteiger partial charge in [0.25, 0.3) is 0 Å². The molecular weight excluding hydrogens is 877 g/mol. The molecule has 0 aliphatic carbocycles. The average Bonchev–Trinajstić information content (AvgIpc) is 3.37. The SMILES string of the molecule is CC/C=C\C/C=C\C/C=C\C/C=C\C/C=C\C/C=C\CCC(=O)OC(COC(=O)CC/C=C\C/C=C\C/C=C\C/C=C\CC)COC(=O)CCCCCCC/C=C\C/C=C\C/C=C\C/C=C\C/C=C\CC. The molecule has 0 aliphatic heterocycles. The molecule has 0 heterocycles. The van der Waals surface area contributed by atoms with E-state index in [0.29, 0.717) is 19.3 Å². The van der Waals surface area contributed by atoms with Crippen molar-refractivity contribution in [3.63, 3.8) is 0 Å². The molecule has 0 saturated heterocycles. The summed E-state index contributed by atoms with van der Waals surface area (Å²) in [6, 6.07) is 0. The Kier molecular flexibility index (Phi) is 52.7. The summed E-state index contributed by atoms with van der Waals surface area (Å²) in [5.41, 5.74) is 0. The monoisotopic (exact) mass is 973 g/mol. The quantitative estimate of drug-likeness (QED) is 0.0262. The topological polar surface area (TPSA) is 78.9 Å². The van der Waals surface area contributed by atoms with Crippen LogP contribution in [0.4, 0.5) is 0 Å². The molecule has 0 spiro atoms. The molecule has 0 aromatic heterocycles. The van der Waals surface area contributed by atoms with Crippen LogP contribution >= 0.6 is 0 Å². The summed E-state index contributed by atoms with van der Waals surface area (Å²) in [6.07, 6.45) is 86.2. The van der Waals surface area contributed by atoms with Crippen LogP contribution in [0.15, 0.2) is 182 Å². The van der Waals surface area contributed by atoms with E-state index in [1.807, 2.05) is 24.3 Å². The first kappa shape index (κ1) is 65.5. The largest absolute Gasteiger partial charge is 0.462 e. The van der Waals surface area contributed by atoms with Crippen LogP contribution < -0.4 is 0 Å². The third kappa shape index (κ3) is 55.3. The fourth-order valence-corrected chi connectivity index (χ4v) is 6.45. The second kappa shape index (κ2) is 57.1. The minimum Gasteiger partial charge on any atom is -0.462 e. The van der Waals surface area contributed by atoms with E-state index in [4.69, 9.17) is 14.2 Å². The zero-order chi connectivity index (χ0) is 51.4. The van der Waals surface area contributed by atoms with E-state index in [2.05, 4.69) is 179 Å². The molecule has 1 unspecified atom stereocenters. The smallest absolute Gasteiger partial charge is 0.306 e. The van der Waals surface area contributed by atoms with E-state index in [9.17, 15) is 14.4 Å². The van der Waals surface area contributed by atoms with Crippen LogP contribution in [-0.4, -0.2) is 37.2 Å². The van der Waals surface area contributed by atoms with Gasteiger partial charge in [-0.15, -0.1) is 0 Å². The second-order valence-corrected chi connectivity index (χ2v) is 17.0. The number of unbranched alkanes of at least 4 members (excludes halogenated alkanes) is 5. The Bertz CT molecular complexity index is 1730. The zero-order valence-corrected chi connectivity index (χ0v) is 44.6. The fourth-order valence-electron chi connectivity index (χ4n) is 6.45. The van der Waals surface area contributed by atoms with Gasteiger partial charge in [0.05, 0.1) is 0 Å². The number of ether oxygens (including phenoxy) is 3. The standard InChI is InChI=1S/C65H96O6/c1-4-7-10-13-16-19-22-25-27-29-31-32-34-35-37-40-43-46-49-52-55-58-64(67)70-61-62(60-69-63(66)57-54-51-48-45-42-39-24-21-18-15-12-9-6-3)71-65(68)59-56-53-50-47-44-41-38-36-33-30-28-26-23-20-17-14-11-8-5-2/h7-12,16-21,25-28,31-33,35-37,39,41-42,44,48,50-51,53,62H,4-6,13-15,22-24,29-30,34,38,40,43,45-47,49,52,54-61H2,1-3H3/b10-7-,11-8-,12-9-,19-16-,20-17-,21-18-,27-25-,28-26-,32-31-,36-33-,37-35-,42-39-,44-41-,51-48-,53-50-. The molecule has 0 rings (SSSR count). The van der Waals surface area contributed by atoms with Gasteiger partial charge < -0.3 is 14.2 Å². The van der Waals surface area contributed by atoms with E-state index >= 15 is 0 Å². The molecule has 0 aliphatic rings. The number of esters is 3. The molecule has 0 fully saturated rings. The lowest BCUT2D eigenvalue weighted by Gasteiger charge is -2.18. The van der Waals surface area contributed by atoms with E-state index in [0.717, 1.165) is 135 Å². The van der Waals surface area contributed by atoms with E-state index < -0.39 is 12.1 Å². The van der Waals surface area contributed by atoms with Crippen molar-refractivity contribution in [1.29, 1.82) is 0 Å². The molecule has 0 radical (unpaired) electrons. The molecule has 0 bridgehead atoms. The highest BCUT2D eigenvalue weighted by molar-refractivity contribution is 5.71. The van der Waals surface area contributed by atoms with Gasteiger partial charge in [0.15, 0.2) is 6.10 Å². The molecule has 0 aromatic rings. The van der Waals surface area contributed by atoms with Crippen LogP contribution in [0.25, 0.3) is 0 Å². The first-order valence-electron chi connectivity index (χ1n) is 27.3. The first-order chi connectivity index (χ1) is 35.0. The zero-order valence-electron chi connectivity index (χ0n) is 44.6. The maximum Gasteiger partial charge on any atom is 0.306 e. The average molecular weight is 973 g/mol. The van der Waals surface area contributed by atoms with Gasteiger partial charge in [-0.1, -0.05) is 222 Å². The Balaban J connectivity index is 4.63.